The second kappa shape index (κ2) is 3.75. The molecule has 0 atom stereocenters. The molecule has 1 rings (SSSR count). The summed E-state index contributed by atoms with van der Waals surface area (Å²) in [4.78, 5) is 13.6. The summed E-state index contributed by atoms with van der Waals surface area (Å²) in [5.41, 5.74) is 0.619. The van der Waals surface area contributed by atoms with Gasteiger partial charge in [0, 0.05) is 18.0 Å². The van der Waals surface area contributed by atoms with Gasteiger partial charge in [0.15, 0.2) is 6.29 Å². The SMILES string of the molecule is O=CC#Cc1ccncc1Cl. The van der Waals surface area contributed by atoms with Crippen molar-refractivity contribution in [2.75, 3.05) is 0 Å². The highest BCUT2D eigenvalue weighted by Crippen LogP contribution is 2.10. The molecule has 0 radical (unpaired) electrons. The summed E-state index contributed by atoms with van der Waals surface area (Å²) in [6, 6.07) is 1.65. The van der Waals surface area contributed by atoms with Crippen LogP contribution in [0.15, 0.2) is 18.5 Å². The molecule has 0 saturated carbocycles. The first-order chi connectivity index (χ1) is 5.34. The average Bonchev–Trinajstić information content (AvgIpc) is 2.03. The normalized spacial score (nSPS) is 8.09. The molecule has 11 heavy (non-hydrogen) atoms. The highest BCUT2D eigenvalue weighted by Gasteiger charge is 1.92. The minimum absolute atomic E-state index is 0.460. The first-order valence-electron chi connectivity index (χ1n) is 2.89. The van der Waals surface area contributed by atoms with Crippen molar-refractivity contribution in [2.24, 2.45) is 0 Å². The van der Waals surface area contributed by atoms with Gasteiger partial charge in [-0.3, -0.25) is 9.78 Å². The Morgan fingerprint density at radius 2 is 2.45 bits per heavy atom. The molecule has 1 aromatic rings. The van der Waals surface area contributed by atoms with Crippen molar-refractivity contribution < 1.29 is 4.79 Å². The predicted molar refractivity (Wildman–Crippen MR) is 42.2 cm³/mol. The lowest BCUT2D eigenvalue weighted by molar-refractivity contribution is -0.103. The molecule has 54 valence electrons. The van der Waals surface area contributed by atoms with Crippen LogP contribution in [0.1, 0.15) is 5.56 Å². The van der Waals surface area contributed by atoms with E-state index in [-0.39, 0.29) is 0 Å². The molecule has 3 heteroatoms. The largest absolute Gasteiger partial charge is 0.289 e. The second-order valence-electron chi connectivity index (χ2n) is 1.74. The molecule has 0 spiro atoms. The number of carbonyl (C=O) groups excluding carboxylic acids is 1. The Balaban J connectivity index is 3.03. The standard InChI is InChI=1S/C8H4ClNO/c9-8-6-10-4-3-7(8)2-1-5-11/h3-6H. The van der Waals surface area contributed by atoms with Gasteiger partial charge >= 0.3 is 0 Å². The van der Waals surface area contributed by atoms with E-state index in [9.17, 15) is 4.79 Å². The maximum atomic E-state index is 9.86. The fraction of sp³-hybridized carbons (Fsp3) is 0. The van der Waals surface area contributed by atoms with Crippen molar-refractivity contribution in [1.29, 1.82) is 0 Å². The lowest BCUT2D eigenvalue weighted by Crippen LogP contribution is -1.78. The maximum absolute atomic E-state index is 9.86. The molecule has 0 aromatic carbocycles. The lowest BCUT2D eigenvalue weighted by atomic mass is 10.3. The van der Waals surface area contributed by atoms with Crippen LogP contribution in [-0.2, 0) is 4.79 Å². The number of hydrogen-bond donors (Lipinski definition) is 0. The van der Waals surface area contributed by atoms with Gasteiger partial charge < -0.3 is 0 Å². The van der Waals surface area contributed by atoms with Crippen LogP contribution in [0.25, 0.3) is 0 Å². The van der Waals surface area contributed by atoms with Crippen LogP contribution in [0.3, 0.4) is 0 Å². The van der Waals surface area contributed by atoms with Gasteiger partial charge in [-0.15, -0.1) is 0 Å². The van der Waals surface area contributed by atoms with Gasteiger partial charge in [-0.25, -0.2) is 0 Å². The van der Waals surface area contributed by atoms with E-state index in [1.165, 1.54) is 6.20 Å². The monoisotopic (exact) mass is 165 g/mol. The zero-order chi connectivity index (χ0) is 8.10. The number of rotatable bonds is 0. The fourth-order valence-corrected chi connectivity index (χ4v) is 0.750. The van der Waals surface area contributed by atoms with Crippen molar-refractivity contribution in [1.82, 2.24) is 4.98 Å². The highest BCUT2D eigenvalue weighted by molar-refractivity contribution is 6.31. The Kier molecular flexibility index (Phi) is 2.65. The Morgan fingerprint density at radius 3 is 3.09 bits per heavy atom. The summed E-state index contributed by atoms with van der Waals surface area (Å²) in [7, 11) is 0. The smallest absolute Gasteiger partial charge is 0.193 e. The second-order valence-corrected chi connectivity index (χ2v) is 2.15. The molecule has 0 unspecified atom stereocenters. The van der Waals surface area contributed by atoms with Gasteiger partial charge in [0.1, 0.15) is 0 Å². The number of pyridine rings is 1. The Hall–Kier alpha value is -1.33. The van der Waals surface area contributed by atoms with E-state index in [1.807, 2.05) is 0 Å². The molecule has 0 amide bonds. The maximum Gasteiger partial charge on any atom is 0.193 e. The first-order valence-corrected chi connectivity index (χ1v) is 3.27. The highest BCUT2D eigenvalue weighted by atomic mass is 35.5. The Labute approximate surface area is 69.2 Å². The van der Waals surface area contributed by atoms with Gasteiger partial charge in [0.2, 0.25) is 0 Å². The minimum atomic E-state index is 0.460. The third kappa shape index (κ3) is 2.06. The van der Waals surface area contributed by atoms with Crippen LogP contribution in [0, 0.1) is 11.8 Å². The fourth-order valence-electron chi connectivity index (χ4n) is 0.584. The summed E-state index contributed by atoms with van der Waals surface area (Å²) in [5.74, 6) is 4.84. The third-order valence-corrected chi connectivity index (χ3v) is 1.34. The summed E-state index contributed by atoms with van der Waals surface area (Å²) in [6.07, 6.45) is 3.58. The number of carbonyl (C=O) groups is 1. The van der Waals surface area contributed by atoms with Crippen LogP contribution in [-0.4, -0.2) is 11.3 Å². The molecule has 2 nitrogen and oxygen atoms in total. The predicted octanol–water partition coefficient (Wildman–Crippen LogP) is 1.29. The molecule has 1 heterocycles. The first kappa shape index (κ1) is 7.77. The summed E-state index contributed by atoms with van der Waals surface area (Å²) in [5, 5.41) is 0.460. The van der Waals surface area contributed by atoms with Crippen LogP contribution < -0.4 is 0 Å². The van der Waals surface area contributed by atoms with Gasteiger partial charge in [-0.1, -0.05) is 17.5 Å². The van der Waals surface area contributed by atoms with E-state index in [4.69, 9.17) is 11.6 Å². The zero-order valence-electron chi connectivity index (χ0n) is 5.54. The van der Waals surface area contributed by atoms with E-state index in [2.05, 4.69) is 16.8 Å². The van der Waals surface area contributed by atoms with E-state index < -0.39 is 0 Å². The summed E-state index contributed by atoms with van der Waals surface area (Å²) < 4.78 is 0. The Bertz CT molecular complexity index is 324. The molecule has 1 aromatic heterocycles. The summed E-state index contributed by atoms with van der Waals surface area (Å²) >= 11 is 5.68. The molecule has 0 aliphatic heterocycles. The number of hydrogen-bond acceptors (Lipinski definition) is 2. The van der Waals surface area contributed by atoms with Gasteiger partial charge in [0.05, 0.1) is 5.02 Å². The zero-order valence-corrected chi connectivity index (χ0v) is 6.30. The number of aldehydes is 1. The van der Waals surface area contributed by atoms with E-state index in [0.29, 0.717) is 16.9 Å². The lowest BCUT2D eigenvalue weighted by Gasteiger charge is -1.90. The van der Waals surface area contributed by atoms with E-state index in [0.717, 1.165) is 0 Å². The molecular formula is C8H4ClNO. The Morgan fingerprint density at radius 1 is 1.64 bits per heavy atom. The number of halogens is 1. The van der Waals surface area contributed by atoms with Gasteiger partial charge in [-0.05, 0) is 12.0 Å². The molecule has 0 saturated heterocycles. The van der Waals surface area contributed by atoms with Crippen molar-refractivity contribution in [3.63, 3.8) is 0 Å². The van der Waals surface area contributed by atoms with E-state index >= 15 is 0 Å². The molecule has 0 aliphatic rings. The van der Waals surface area contributed by atoms with Crippen LogP contribution in [0.4, 0.5) is 0 Å². The molecule has 0 bridgehead atoms. The van der Waals surface area contributed by atoms with Gasteiger partial charge in [-0.2, -0.15) is 0 Å². The molecule has 0 N–H and O–H groups in total. The van der Waals surface area contributed by atoms with E-state index in [1.54, 1.807) is 12.3 Å². The molecular weight excluding hydrogens is 162 g/mol. The third-order valence-electron chi connectivity index (χ3n) is 1.04. The summed E-state index contributed by atoms with van der Waals surface area (Å²) in [6.45, 7) is 0. The average molecular weight is 166 g/mol. The van der Waals surface area contributed by atoms with Gasteiger partial charge in [0.25, 0.3) is 0 Å². The van der Waals surface area contributed by atoms with Crippen LogP contribution >= 0.6 is 11.6 Å². The van der Waals surface area contributed by atoms with Crippen LogP contribution in [0.5, 0.6) is 0 Å². The van der Waals surface area contributed by atoms with Crippen molar-refractivity contribution in [2.45, 2.75) is 0 Å². The van der Waals surface area contributed by atoms with Crippen LogP contribution in [0.2, 0.25) is 5.02 Å². The van der Waals surface area contributed by atoms with Crippen molar-refractivity contribution in [3.05, 3.63) is 29.0 Å². The number of aromatic nitrogens is 1. The minimum Gasteiger partial charge on any atom is -0.289 e. The number of nitrogens with zero attached hydrogens (tertiary/aromatic N) is 1. The topological polar surface area (TPSA) is 30.0 Å². The molecule has 0 fully saturated rings. The van der Waals surface area contributed by atoms with Crippen molar-refractivity contribution in [3.8, 4) is 11.8 Å². The quantitative estimate of drug-likeness (QED) is 0.428. The van der Waals surface area contributed by atoms with Crippen molar-refractivity contribution >= 4 is 17.9 Å². The molecule has 0 aliphatic carbocycles.